The SMILES string of the molecule is CCCCCCCC1COC(c2ccc(OC/C=C/C3CCC(CCC)CC3)cc2)OC1. The minimum Gasteiger partial charge on any atom is -0.490 e. The van der Waals surface area contributed by atoms with Crippen LogP contribution in [0, 0.1) is 17.8 Å². The van der Waals surface area contributed by atoms with Crippen LogP contribution < -0.4 is 4.74 Å². The number of benzene rings is 1. The van der Waals surface area contributed by atoms with E-state index in [4.69, 9.17) is 14.2 Å². The van der Waals surface area contributed by atoms with Crippen molar-refractivity contribution in [3.63, 3.8) is 0 Å². The third-order valence-electron chi connectivity index (χ3n) is 7.18. The third kappa shape index (κ3) is 8.90. The highest BCUT2D eigenvalue weighted by Crippen LogP contribution is 2.32. The molecule has 1 aliphatic heterocycles. The lowest BCUT2D eigenvalue weighted by molar-refractivity contribution is -0.206. The van der Waals surface area contributed by atoms with Crippen LogP contribution in [-0.4, -0.2) is 19.8 Å². The topological polar surface area (TPSA) is 27.7 Å². The van der Waals surface area contributed by atoms with Crippen LogP contribution >= 0.6 is 0 Å². The van der Waals surface area contributed by atoms with Crippen molar-refractivity contribution in [2.24, 2.45) is 17.8 Å². The number of hydrogen-bond acceptors (Lipinski definition) is 3. The lowest BCUT2D eigenvalue weighted by Gasteiger charge is -2.29. The molecule has 0 aromatic heterocycles. The molecule has 3 rings (SSSR count). The Balaban J connectivity index is 1.30. The Morgan fingerprint density at radius 3 is 2.22 bits per heavy atom. The van der Waals surface area contributed by atoms with Crippen LogP contribution in [0.2, 0.25) is 0 Å². The molecule has 3 nitrogen and oxygen atoms in total. The van der Waals surface area contributed by atoms with Crippen molar-refractivity contribution in [2.45, 2.75) is 97.2 Å². The van der Waals surface area contributed by atoms with E-state index in [0.717, 1.165) is 36.4 Å². The van der Waals surface area contributed by atoms with Crippen molar-refractivity contribution in [3.05, 3.63) is 42.0 Å². The Kier molecular flexibility index (Phi) is 11.7. The molecule has 0 radical (unpaired) electrons. The number of ether oxygens (including phenoxy) is 3. The first-order valence-electron chi connectivity index (χ1n) is 13.4. The van der Waals surface area contributed by atoms with Gasteiger partial charge in [-0.1, -0.05) is 83.1 Å². The van der Waals surface area contributed by atoms with Crippen molar-refractivity contribution < 1.29 is 14.2 Å². The van der Waals surface area contributed by atoms with Crippen molar-refractivity contribution in [1.82, 2.24) is 0 Å². The maximum absolute atomic E-state index is 6.01. The first-order valence-corrected chi connectivity index (χ1v) is 13.4. The van der Waals surface area contributed by atoms with E-state index in [-0.39, 0.29) is 6.29 Å². The molecule has 1 aromatic rings. The molecule has 0 unspecified atom stereocenters. The molecule has 2 fully saturated rings. The molecular weight excluding hydrogens is 396 g/mol. The van der Waals surface area contributed by atoms with Gasteiger partial charge in [0.05, 0.1) is 13.2 Å². The van der Waals surface area contributed by atoms with Crippen molar-refractivity contribution in [2.75, 3.05) is 19.8 Å². The van der Waals surface area contributed by atoms with E-state index < -0.39 is 0 Å². The quantitative estimate of drug-likeness (QED) is 0.227. The second-order valence-electron chi connectivity index (χ2n) is 9.95. The van der Waals surface area contributed by atoms with E-state index in [9.17, 15) is 0 Å². The van der Waals surface area contributed by atoms with Gasteiger partial charge in [0, 0.05) is 11.5 Å². The third-order valence-corrected chi connectivity index (χ3v) is 7.18. The average Bonchev–Trinajstić information content (AvgIpc) is 2.84. The fourth-order valence-corrected chi connectivity index (χ4v) is 5.13. The molecule has 0 spiro atoms. The number of hydrogen-bond donors (Lipinski definition) is 0. The second kappa shape index (κ2) is 14.8. The van der Waals surface area contributed by atoms with Gasteiger partial charge >= 0.3 is 0 Å². The standard InChI is InChI=1S/C29H46O3/c1-3-5-6-7-8-11-26-22-31-29(32-23-26)27-17-19-28(20-18-27)30-21-9-12-25-15-13-24(10-4-2)14-16-25/h9,12,17-20,24-26,29H,3-8,10-11,13-16,21-23H2,1-2H3/b12-9+. The summed E-state index contributed by atoms with van der Waals surface area (Å²) >= 11 is 0. The fourth-order valence-electron chi connectivity index (χ4n) is 5.13. The van der Waals surface area contributed by atoms with E-state index in [1.807, 2.05) is 12.1 Å². The molecule has 1 saturated heterocycles. The Morgan fingerprint density at radius 1 is 0.812 bits per heavy atom. The molecule has 32 heavy (non-hydrogen) atoms. The van der Waals surface area contributed by atoms with Gasteiger partial charge in [-0.25, -0.2) is 0 Å². The molecule has 1 saturated carbocycles. The Hall–Kier alpha value is -1.32. The van der Waals surface area contributed by atoms with Gasteiger partial charge < -0.3 is 14.2 Å². The molecule has 0 N–H and O–H groups in total. The van der Waals surface area contributed by atoms with Crippen LogP contribution in [0.4, 0.5) is 0 Å². The van der Waals surface area contributed by atoms with Gasteiger partial charge in [-0.05, 0) is 56.1 Å². The zero-order valence-corrected chi connectivity index (χ0v) is 20.6. The lowest BCUT2D eigenvalue weighted by Crippen LogP contribution is -2.27. The van der Waals surface area contributed by atoms with Gasteiger partial charge in [-0.2, -0.15) is 0 Å². The normalized spacial score (nSPS) is 26.4. The summed E-state index contributed by atoms with van der Waals surface area (Å²) in [5.74, 6) is 3.17. The predicted octanol–water partition coefficient (Wildman–Crippen LogP) is 8.25. The van der Waals surface area contributed by atoms with Crippen LogP contribution in [0.1, 0.15) is 103 Å². The summed E-state index contributed by atoms with van der Waals surface area (Å²) < 4.78 is 17.9. The van der Waals surface area contributed by atoms with Gasteiger partial charge in [0.25, 0.3) is 0 Å². The molecule has 2 aliphatic rings. The highest BCUT2D eigenvalue weighted by atomic mass is 16.7. The molecular formula is C29H46O3. The second-order valence-corrected chi connectivity index (χ2v) is 9.95. The lowest BCUT2D eigenvalue weighted by atomic mass is 9.80. The van der Waals surface area contributed by atoms with Gasteiger partial charge in [0.15, 0.2) is 6.29 Å². The Labute approximate surface area is 196 Å². The number of rotatable bonds is 13. The largest absolute Gasteiger partial charge is 0.490 e. The van der Waals surface area contributed by atoms with Crippen molar-refractivity contribution >= 4 is 0 Å². The van der Waals surface area contributed by atoms with E-state index in [0.29, 0.717) is 12.5 Å². The zero-order chi connectivity index (χ0) is 22.4. The minimum atomic E-state index is -0.233. The average molecular weight is 443 g/mol. The van der Waals surface area contributed by atoms with Crippen LogP contribution in [0.5, 0.6) is 5.75 Å². The first-order chi connectivity index (χ1) is 15.8. The predicted molar refractivity (Wildman–Crippen MR) is 133 cm³/mol. The summed E-state index contributed by atoms with van der Waals surface area (Å²) in [5.41, 5.74) is 1.08. The van der Waals surface area contributed by atoms with E-state index >= 15 is 0 Å². The Morgan fingerprint density at radius 2 is 1.53 bits per heavy atom. The van der Waals surface area contributed by atoms with Gasteiger partial charge in [-0.15, -0.1) is 0 Å². The van der Waals surface area contributed by atoms with Gasteiger partial charge in [0.1, 0.15) is 12.4 Å². The maximum atomic E-state index is 6.01. The van der Waals surface area contributed by atoms with Gasteiger partial charge in [-0.3, -0.25) is 0 Å². The van der Waals surface area contributed by atoms with Crippen LogP contribution in [0.15, 0.2) is 36.4 Å². The summed E-state index contributed by atoms with van der Waals surface area (Å²) in [6.07, 6.45) is 20.4. The first kappa shape index (κ1) is 25.3. The van der Waals surface area contributed by atoms with Gasteiger partial charge in [0.2, 0.25) is 0 Å². The summed E-state index contributed by atoms with van der Waals surface area (Å²) in [6, 6.07) is 8.21. The van der Waals surface area contributed by atoms with E-state index in [1.54, 1.807) is 0 Å². The number of allylic oxidation sites excluding steroid dienone is 1. The van der Waals surface area contributed by atoms with Crippen LogP contribution in [0.25, 0.3) is 0 Å². The highest BCUT2D eigenvalue weighted by molar-refractivity contribution is 5.28. The zero-order valence-electron chi connectivity index (χ0n) is 20.6. The van der Waals surface area contributed by atoms with E-state index in [1.165, 1.54) is 77.0 Å². The summed E-state index contributed by atoms with van der Waals surface area (Å²) in [4.78, 5) is 0. The Bertz CT molecular complexity index is 622. The van der Waals surface area contributed by atoms with Crippen LogP contribution in [0.3, 0.4) is 0 Å². The fraction of sp³-hybridized carbons (Fsp3) is 0.724. The minimum absolute atomic E-state index is 0.233. The molecule has 3 heteroatoms. The number of unbranched alkanes of at least 4 members (excludes halogenated alkanes) is 4. The summed E-state index contributed by atoms with van der Waals surface area (Å²) in [7, 11) is 0. The summed E-state index contributed by atoms with van der Waals surface area (Å²) in [6.45, 7) is 6.82. The molecule has 0 atom stereocenters. The maximum Gasteiger partial charge on any atom is 0.183 e. The molecule has 180 valence electrons. The highest BCUT2D eigenvalue weighted by Gasteiger charge is 2.23. The monoisotopic (exact) mass is 442 g/mol. The van der Waals surface area contributed by atoms with E-state index in [2.05, 4.69) is 38.1 Å². The molecule has 1 aromatic carbocycles. The van der Waals surface area contributed by atoms with Crippen molar-refractivity contribution in [3.8, 4) is 5.75 Å². The molecule has 1 heterocycles. The van der Waals surface area contributed by atoms with Crippen LogP contribution in [-0.2, 0) is 9.47 Å². The smallest absolute Gasteiger partial charge is 0.183 e. The van der Waals surface area contributed by atoms with Crippen molar-refractivity contribution in [1.29, 1.82) is 0 Å². The molecule has 1 aliphatic carbocycles. The summed E-state index contributed by atoms with van der Waals surface area (Å²) in [5, 5.41) is 0. The molecule has 0 bridgehead atoms. The molecule has 0 amide bonds.